The third-order valence-electron chi connectivity index (χ3n) is 1.87. The molecule has 1 rings (SSSR count). The van der Waals surface area contributed by atoms with Crippen LogP contribution in [0.3, 0.4) is 0 Å². The van der Waals surface area contributed by atoms with Crippen molar-refractivity contribution >= 4 is 27.3 Å². The molecular weight excluding hydrogens is 274 g/mol. The van der Waals surface area contributed by atoms with Gasteiger partial charge in [-0.2, -0.15) is 0 Å². The third-order valence-corrected chi connectivity index (χ3v) is 3.82. The van der Waals surface area contributed by atoms with E-state index in [4.69, 9.17) is 10.5 Å². The van der Waals surface area contributed by atoms with Gasteiger partial charge in [0.2, 0.25) is 0 Å². The highest BCUT2D eigenvalue weighted by Gasteiger charge is 2.14. The van der Waals surface area contributed by atoms with Crippen LogP contribution < -0.4 is 5.73 Å². The van der Waals surface area contributed by atoms with E-state index in [1.165, 1.54) is 4.88 Å². The zero-order valence-corrected chi connectivity index (χ0v) is 11.8. The standard InChI is InChI=1S/C11H18BrNOS/c1-11(2,3)14-7-8(13)6-10-9(12)4-5-15-10/h4-5,8H,6-7,13H2,1-3H3. The second-order valence-corrected chi connectivity index (χ2v) is 6.43. The molecule has 2 nitrogen and oxygen atoms in total. The van der Waals surface area contributed by atoms with Crippen LogP contribution in [0.25, 0.3) is 0 Å². The molecule has 86 valence electrons. The van der Waals surface area contributed by atoms with Crippen LogP contribution in [0, 0.1) is 0 Å². The summed E-state index contributed by atoms with van der Waals surface area (Å²) in [5.41, 5.74) is 5.89. The van der Waals surface area contributed by atoms with Gasteiger partial charge >= 0.3 is 0 Å². The number of thiophene rings is 1. The zero-order valence-electron chi connectivity index (χ0n) is 9.42. The predicted octanol–water partition coefficient (Wildman–Crippen LogP) is 3.20. The largest absolute Gasteiger partial charge is 0.374 e. The van der Waals surface area contributed by atoms with Gasteiger partial charge in [-0.1, -0.05) is 0 Å². The monoisotopic (exact) mass is 291 g/mol. The molecule has 0 saturated heterocycles. The fraction of sp³-hybridized carbons (Fsp3) is 0.636. The van der Waals surface area contributed by atoms with Gasteiger partial charge in [0.1, 0.15) is 0 Å². The minimum atomic E-state index is -0.107. The molecule has 1 aromatic rings. The van der Waals surface area contributed by atoms with E-state index in [1.54, 1.807) is 11.3 Å². The number of hydrogen-bond acceptors (Lipinski definition) is 3. The molecule has 0 spiro atoms. The molecule has 1 atom stereocenters. The van der Waals surface area contributed by atoms with Gasteiger partial charge < -0.3 is 10.5 Å². The predicted molar refractivity (Wildman–Crippen MR) is 69.4 cm³/mol. The highest BCUT2D eigenvalue weighted by atomic mass is 79.9. The summed E-state index contributed by atoms with van der Waals surface area (Å²) in [6.45, 7) is 6.73. The van der Waals surface area contributed by atoms with Crippen molar-refractivity contribution in [2.24, 2.45) is 5.73 Å². The van der Waals surface area contributed by atoms with E-state index < -0.39 is 0 Å². The van der Waals surface area contributed by atoms with Gasteiger partial charge in [-0.3, -0.25) is 0 Å². The Kier molecular flexibility index (Phi) is 4.77. The zero-order chi connectivity index (χ0) is 11.5. The molecule has 0 aliphatic carbocycles. The van der Waals surface area contributed by atoms with Crippen molar-refractivity contribution in [1.82, 2.24) is 0 Å². The van der Waals surface area contributed by atoms with Gasteiger partial charge in [0.05, 0.1) is 12.2 Å². The summed E-state index contributed by atoms with van der Waals surface area (Å²) >= 11 is 5.23. The Balaban J connectivity index is 2.37. The van der Waals surface area contributed by atoms with Crippen LogP contribution in [0.4, 0.5) is 0 Å². The number of rotatable bonds is 4. The van der Waals surface area contributed by atoms with Crippen molar-refractivity contribution in [2.45, 2.75) is 38.8 Å². The van der Waals surface area contributed by atoms with E-state index >= 15 is 0 Å². The van der Waals surface area contributed by atoms with Crippen molar-refractivity contribution in [3.05, 3.63) is 20.8 Å². The minimum Gasteiger partial charge on any atom is -0.374 e. The van der Waals surface area contributed by atoms with Crippen LogP contribution in [0.5, 0.6) is 0 Å². The maximum atomic E-state index is 6.00. The molecule has 4 heteroatoms. The molecule has 2 N–H and O–H groups in total. The Morgan fingerprint density at radius 3 is 2.67 bits per heavy atom. The Morgan fingerprint density at radius 1 is 1.53 bits per heavy atom. The first-order valence-electron chi connectivity index (χ1n) is 5.00. The molecule has 0 radical (unpaired) electrons. The third kappa shape index (κ3) is 5.11. The molecule has 0 fully saturated rings. The van der Waals surface area contributed by atoms with Gasteiger partial charge in [0, 0.05) is 21.8 Å². The molecular formula is C11H18BrNOS. The summed E-state index contributed by atoms with van der Waals surface area (Å²) in [5, 5.41) is 2.07. The number of hydrogen-bond donors (Lipinski definition) is 1. The minimum absolute atomic E-state index is 0.0687. The van der Waals surface area contributed by atoms with Gasteiger partial charge in [-0.15, -0.1) is 11.3 Å². The van der Waals surface area contributed by atoms with E-state index in [0.29, 0.717) is 6.61 Å². The molecule has 0 amide bonds. The highest BCUT2D eigenvalue weighted by Crippen LogP contribution is 2.23. The van der Waals surface area contributed by atoms with Crippen LogP contribution in [0.2, 0.25) is 0 Å². The Bertz CT molecular complexity index is 306. The Morgan fingerprint density at radius 2 is 2.20 bits per heavy atom. The van der Waals surface area contributed by atoms with Crippen molar-refractivity contribution in [2.75, 3.05) is 6.61 Å². The molecule has 15 heavy (non-hydrogen) atoms. The first-order valence-corrected chi connectivity index (χ1v) is 6.67. The quantitative estimate of drug-likeness (QED) is 0.925. The molecule has 1 aromatic heterocycles. The molecule has 0 bridgehead atoms. The summed E-state index contributed by atoms with van der Waals surface area (Å²) in [7, 11) is 0. The van der Waals surface area contributed by atoms with Crippen molar-refractivity contribution < 1.29 is 4.74 Å². The van der Waals surface area contributed by atoms with E-state index in [-0.39, 0.29) is 11.6 Å². The van der Waals surface area contributed by atoms with E-state index in [1.807, 2.05) is 20.8 Å². The second-order valence-electron chi connectivity index (χ2n) is 4.58. The summed E-state index contributed by atoms with van der Waals surface area (Å²) < 4.78 is 6.80. The van der Waals surface area contributed by atoms with Gasteiger partial charge in [-0.05, 0) is 48.1 Å². The fourth-order valence-corrected chi connectivity index (χ4v) is 2.73. The molecule has 0 saturated carbocycles. The first kappa shape index (κ1) is 13.2. The van der Waals surface area contributed by atoms with E-state index in [2.05, 4.69) is 27.4 Å². The molecule has 1 heterocycles. The highest BCUT2D eigenvalue weighted by molar-refractivity contribution is 9.10. The topological polar surface area (TPSA) is 35.2 Å². The second kappa shape index (κ2) is 5.43. The van der Waals surface area contributed by atoms with Crippen LogP contribution in [0.1, 0.15) is 25.6 Å². The average molecular weight is 292 g/mol. The Labute approximate surface area is 104 Å². The van der Waals surface area contributed by atoms with E-state index in [9.17, 15) is 0 Å². The van der Waals surface area contributed by atoms with Crippen molar-refractivity contribution in [1.29, 1.82) is 0 Å². The number of nitrogens with two attached hydrogens (primary N) is 1. The van der Waals surface area contributed by atoms with Crippen molar-refractivity contribution in [3.63, 3.8) is 0 Å². The molecule has 0 aromatic carbocycles. The Hall–Kier alpha value is 0.100. The first-order chi connectivity index (χ1) is 6.88. The van der Waals surface area contributed by atoms with Gasteiger partial charge in [0.25, 0.3) is 0 Å². The van der Waals surface area contributed by atoms with Crippen LogP contribution in [0.15, 0.2) is 15.9 Å². The summed E-state index contributed by atoms with van der Waals surface area (Å²) in [6.07, 6.45) is 0.869. The fourth-order valence-electron chi connectivity index (χ4n) is 1.12. The van der Waals surface area contributed by atoms with Crippen LogP contribution >= 0.6 is 27.3 Å². The van der Waals surface area contributed by atoms with Crippen LogP contribution in [-0.4, -0.2) is 18.2 Å². The van der Waals surface area contributed by atoms with Gasteiger partial charge in [0.15, 0.2) is 0 Å². The lowest BCUT2D eigenvalue weighted by Gasteiger charge is -2.22. The van der Waals surface area contributed by atoms with Gasteiger partial charge in [-0.25, -0.2) is 0 Å². The molecule has 0 aliphatic heterocycles. The lowest BCUT2D eigenvalue weighted by atomic mass is 10.1. The lowest BCUT2D eigenvalue weighted by molar-refractivity contribution is -0.00976. The van der Waals surface area contributed by atoms with E-state index in [0.717, 1.165) is 10.9 Å². The maximum absolute atomic E-state index is 6.00. The summed E-state index contributed by atoms with van der Waals surface area (Å²) in [4.78, 5) is 1.29. The molecule has 0 aliphatic rings. The number of halogens is 1. The summed E-state index contributed by atoms with van der Waals surface area (Å²) in [5.74, 6) is 0. The lowest BCUT2D eigenvalue weighted by Crippen LogP contribution is -2.33. The van der Waals surface area contributed by atoms with Crippen LogP contribution in [-0.2, 0) is 11.2 Å². The SMILES string of the molecule is CC(C)(C)OCC(N)Cc1sccc1Br. The normalized spacial score (nSPS) is 14.2. The average Bonchev–Trinajstić information content (AvgIpc) is 2.47. The van der Waals surface area contributed by atoms with Crippen molar-refractivity contribution in [3.8, 4) is 0 Å². The molecule has 1 unspecified atom stereocenters. The number of ether oxygens (including phenoxy) is 1. The maximum Gasteiger partial charge on any atom is 0.0628 e. The summed E-state index contributed by atoms with van der Waals surface area (Å²) in [6, 6.07) is 2.12. The smallest absolute Gasteiger partial charge is 0.0628 e.